The van der Waals surface area contributed by atoms with Gasteiger partial charge >= 0.3 is 0 Å². The quantitative estimate of drug-likeness (QED) is 0.905. The average Bonchev–Trinajstić information content (AvgIpc) is 2.38. The lowest BCUT2D eigenvalue weighted by Gasteiger charge is -2.39. The summed E-state index contributed by atoms with van der Waals surface area (Å²) in [6.45, 7) is 6.07. The van der Waals surface area contributed by atoms with Gasteiger partial charge in [0, 0.05) is 5.56 Å². The summed E-state index contributed by atoms with van der Waals surface area (Å²) in [7, 11) is 0. The molecule has 2 unspecified atom stereocenters. The molecule has 1 N–H and O–H groups in total. The highest BCUT2D eigenvalue weighted by Crippen LogP contribution is 2.41. The van der Waals surface area contributed by atoms with E-state index in [1.165, 1.54) is 12.1 Å². The maximum Gasteiger partial charge on any atom is 0.143 e. The minimum absolute atomic E-state index is 0.187. The second-order valence-electron chi connectivity index (χ2n) is 5.17. The van der Waals surface area contributed by atoms with Crippen LogP contribution in [0.15, 0.2) is 12.1 Å². The molecule has 0 aliphatic carbocycles. The molecule has 1 aromatic carbocycles. The number of nitrogens with zero attached hydrogens (tertiary/aromatic N) is 1. The van der Waals surface area contributed by atoms with E-state index in [4.69, 9.17) is 16.3 Å². The van der Waals surface area contributed by atoms with E-state index in [0.29, 0.717) is 11.3 Å². The summed E-state index contributed by atoms with van der Waals surface area (Å²) in [4.78, 5) is 2.18. The molecule has 0 bridgehead atoms. The van der Waals surface area contributed by atoms with Gasteiger partial charge in [0.1, 0.15) is 24.3 Å². The van der Waals surface area contributed by atoms with Gasteiger partial charge in [-0.3, -0.25) is 4.90 Å². The Morgan fingerprint density at radius 2 is 2.00 bits per heavy atom. The first-order chi connectivity index (χ1) is 9.58. The highest BCUT2D eigenvalue weighted by Gasteiger charge is 2.35. The Labute approximate surface area is 124 Å². The third-order valence-electron chi connectivity index (χ3n) is 3.53. The van der Waals surface area contributed by atoms with Crippen molar-refractivity contribution in [1.29, 1.82) is 0 Å². The van der Waals surface area contributed by atoms with Crippen LogP contribution >= 0.6 is 11.6 Å². The number of rotatable bonds is 5. The number of hydrogen-bond acceptors (Lipinski definition) is 3. The molecule has 1 aromatic rings. The lowest BCUT2D eigenvalue weighted by atomic mass is 9.96. The van der Waals surface area contributed by atoms with Gasteiger partial charge in [-0.05, 0) is 38.1 Å². The van der Waals surface area contributed by atoms with E-state index in [-0.39, 0.29) is 17.7 Å². The topological polar surface area (TPSA) is 32.7 Å². The maximum atomic E-state index is 13.7. The monoisotopic (exact) mass is 301 g/mol. The van der Waals surface area contributed by atoms with Crippen LogP contribution in [0.3, 0.4) is 0 Å². The van der Waals surface area contributed by atoms with E-state index in [2.05, 4.69) is 18.7 Å². The number of benzene rings is 1. The van der Waals surface area contributed by atoms with Gasteiger partial charge in [-0.15, -0.1) is 0 Å². The zero-order valence-corrected chi connectivity index (χ0v) is 12.7. The molecular weight excluding hydrogens is 281 g/mol. The Kier molecular flexibility index (Phi) is 5.24. The first kappa shape index (κ1) is 15.5. The number of ether oxygens (including phenoxy) is 1. The van der Waals surface area contributed by atoms with Crippen LogP contribution < -0.4 is 4.74 Å². The molecule has 112 valence electrons. The van der Waals surface area contributed by atoms with Crippen LogP contribution in [0.25, 0.3) is 0 Å². The molecule has 0 radical (unpaired) electrons. The van der Waals surface area contributed by atoms with Crippen LogP contribution in [0.2, 0.25) is 5.02 Å². The summed E-state index contributed by atoms with van der Waals surface area (Å²) >= 11 is 6.05. The standard InChI is InChI=1S/C15H21ClFNO2/c1-3-5-18(6-4-2)14-11-7-10(17)8-12(16)15(11)20-9-13(14)19/h7-8,13-14,19H,3-6,9H2,1-2H3. The van der Waals surface area contributed by atoms with E-state index in [0.717, 1.165) is 25.9 Å². The normalized spacial score (nSPS) is 21.7. The van der Waals surface area contributed by atoms with Gasteiger partial charge in [0.05, 0.1) is 11.1 Å². The van der Waals surface area contributed by atoms with E-state index in [1.807, 2.05) is 0 Å². The Morgan fingerprint density at radius 1 is 1.35 bits per heavy atom. The van der Waals surface area contributed by atoms with Gasteiger partial charge in [-0.2, -0.15) is 0 Å². The lowest BCUT2D eigenvalue weighted by molar-refractivity contribution is -0.000346. The molecule has 0 saturated heterocycles. The number of fused-ring (bicyclic) bond motifs is 1. The molecule has 0 spiro atoms. The van der Waals surface area contributed by atoms with Crippen molar-refractivity contribution in [3.63, 3.8) is 0 Å². The third kappa shape index (κ3) is 3.08. The van der Waals surface area contributed by atoms with E-state index in [1.54, 1.807) is 0 Å². The first-order valence-corrected chi connectivity index (χ1v) is 7.50. The molecule has 1 aliphatic rings. The van der Waals surface area contributed by atoms with Crippen LogP contribution in [0.4, 0.5) is 4.39 Å². The summed E-state index contributed by atoms with van der Waals surface area (Å²) in [5.41, 5.74) is 0.649. The Hall–Kier alpha value is -0.840. The van der Waals surface area contributed by atoms with Crippen molar-refractivity contribution in [2.24, 2.45) is 0 Å². The molecule has 0 saturated carbocycles. The fraction of sp³-hybridized carbons (Fsp3) is 0.600. The first-order valence-electron chi connectivity index (χ1n) is 7.12. The van der Waals surface area contributed by atoms with Gasteiger partial charge in [0.2, 0.25) is 0 Å². The largest absolute Gasteiger partial charge is 0.489 e. The number of hydrogen-bond donors (Lipinski definition) is 1. The molecule has 1 aliphatic heterocycles. The molecule has 20 heavy (non-hydrogen) atoms. The molecule has 3 nitrogen and oxygen atoms in total. The van der Waals surface area contributed by atoms with Crippen LogP contribution in [-0.4, -0.2) is 35.8 Å². The van der Waals surface area contributed by atoms with Crippen LogP contribution in [0.1, 0.15) is 38.3 Å². The van der Waals surface area contributed by atoms with E-state index >= 15 is 0 Å². The number of halogens is 2. The van der Waals surface area contributed by atoms with Crippen molar-refractivity contribution >= 4 is 11.6 Å². The zero-order valence-electron chi connectivity index (χ0n) is 11.9. The number of aliphatic hydroxyl groups is 1. The molecule has 2 atom stereocenters. The van der Waals surface area contributed by atoms with Gasteiger partial charge in [-0.25, -0.2) is 4.39 Å². The second kappa shape index (κ2) is 6.74. The van der Waals surface area contributed by atoms with Crippen molar-refractivity contribution in [2.45, 2.75) is 38.8 Å². The second-order valence-corrected chi connectivity index (χ2v) is 5.57. The zero-order chi connectivity index (χ0) is 14.7. The van der Waals surface area contributed by atoms with E-state index in [9.17, 15) is 9.50 Å². The van der Waals surface area contributed by atoms with Gasteiger partial charge in [0.25, 0.3) is 0 Å². The third-order valence-corrected chi connectivity index (χ3v) is 3.81. The molecule has 2 rings (SSSR count). The summed E-state index contributed by atoms with van der Waals surface area (Å²) in [5, 5.41) is 10.6. The Morgan fingerprint density at radius 3 is 2.60 bits per heavy atom. The summed E-state index contributed by atoms with van der Waals surface area (Å²) in [5.74, 6) is 0.102. The van der Waals surface area contributed by atoms with Crippen molar-refractivity contribution in [3.05, 3.63) is 28.5 Å². The van der Waals surface area contributed by atoms with E-state index < -0.39 is 11.9 Å². The van der Waals surface area contributed by atoms with Crippen molar-refractivity contribution < 1.29 is 14.2 Å². The summed E-state index contributed by atoms with van der Waals surface area (Å²) < 4.78 is 19.1. The minimum atomic E-state index is -0.668. The fourth-order valence-electron chi connectivity index (χ4n) is 2.82. The average molecular weight is 302 g/mol. The van der Waals surface area contributed by atoms with Crippen molar-refractivity contribution in [3.8, 4) is 5.75 Å². The van der Waals surface area contributed by atoms with Crippen molar-refractivity contribution in [1.82, 2.24) is 4.90 Å². The highest BCUT2D eigenvalue weighted by molar-refractivity contribution is 6.32. The highest BCUT2D eigenvalue weighted by atomic mass is 35.5. The number of aliphatic hydroxyl groups excluding tert-OH is 1. The molecule has 0 aromatic heterocycles. The molecule has 1 heterocycles. The van der Waals surface area contributed by atoms with Gasteiger partial charge < -0.3 is 9.84 Å². The van der Waals surface area contributed by atoms with Crippen LogP contribution in [0.5, 0.6) is 5.75 Å². The molecule has 5 heteroatoms. The SMILES string of the molecule is CCCN(CCC)C1c2cc(F)cc(Cl)c2OCC1O. The smallest absolute Gasteiger partial charge is 0.143 e. The molecule has 0 amide bonds. The Bertz CT molecular complexity index is 463. The fourth-order valence-corrected chi connectivity index (χ4v) is 3.09. The molecular formula is C15H21ClFNO2. The summed E-state index contributed by atoms with van der Waals surface area (Å²) in [6, 6.07) is 2.41. The maximum absolute atomic E-state index is 13.7. The van der Waals surface area contributed by atoms with Crippen LogP contribution in [0, 0.1) is 5.82 Å². The summed E-state index contributed by atoms with van der Waals surface area (Å²) in [6.07, 6.45) is 1.28. The lowest BCUT2D eigenvalue weighted by Crippen LogP contribution is -2.43. The van der Waals surface area contributed by atoms with Crippen molar-refractivity contribution in [2.75, 3.05) is 19.7 Å². The molecule has 0 fully saturated rings. The van der Waals surface area contributed by atoms with Gasteiger partial charge in [0.15, 0.2) is 0 Å². The van der Waals surface area contributed by atoms with Gasteiger partial charge in [-0.1, -0.05) is 25.4 Å². The minimum Gasteiger partial charge on any atom is -0.489 e. The predicted octanol–water partition coefficient (Wildman–Crippen LogP) is 3.40. The van der Waals surface area contributed by atoms with Crippen LogP contribution in [-0.2, 0) is 0 Å². The predicted molar refractivity (Wildman–Crippen MR) is 77.8 cm³/mol. The Balaban J connectivity index is 2.42.